The van der Waals surface area contributed by atoms with Crippen molar-refractivity contribution in [1.82, 2.24) is 9.78 Å². The van der Waals surface area contributed by atoms with Crippen LogP contribution in [0.2, 0.25) is 0 Å². The first-order chi connectivity index (χ1) is 8.76. The molecule has 0 saturated heterocycles. The molecular formula is C15H26BrN3. The molecule has 1 aromatic rings. The van der Waals surface area contributed by atoms with Gasteiger partial charge >= 0.3 is 0 Å². The van der Waals surface area contributed by atoms with E-state index in [1.54, 1.807) is 0 Å². The van der Waals surface area contributed by atoms with Crippen LogP contribution in [0, 0.1) is 5.41 Å². The van der Waals surface area contributed by atoms with Crippen LogP contribution >= 0.6 is 15.9 Å². The number of aryl methyl sites for hydroxylation is 2. The van der Waals surface area contributed by atoms with Crippen LogP contribution in [-0.4, -0.2) is 15.3 Å². The zero-order valence-corrected chi connectivity index (χ0v) is 14.2. The molecule has 2 N–H and O–H groups in total. The number of nitrogens with zero attached hydrogens (tertiary/aromatic N) is 2. The predicted molar refractivity (Wildman–Crippen MR) is 83.2 cm³/mol. The van der Waals surface area contributed by atoms with Crippen LogP contribution in [0.4, 0.5) is 0 Å². The second-order valence-electron chi connectivity index (χ2n) is 6.89. The molecule has 108 valence electrons. The molecule has 1 heterocycles. The second kappa shape index (κ2) is 5.21. The van der Waals surface area contributed by atoms with Crippen molar-refractivity contribution in [3.63, 3.8) is 0 Å². The van der Waals surface area contributed by atoms with Crippen LogP contribution in [0.5, 0.6) is 0 Å². The number of nitrogens with two attached hydrogens (primary N) is 1. The second-order valence-corrected chi connectivity index (χ2v) is 7.68. The average Bonchev–Trinajstić information content (AvgIpc) is 2.61. The fraction of sp³-hybridized carbons (Fsp3) is 0.800. The van der Waals surface area contributed by atoms with Gasteiger partial charge in [-0.2, -0.15) is 5.10 Å². The summed E-state index contributed by atoms with van der Waals surface area (Å²) in [7, 11) is 2.02. The lowest BCUT2D eigenvalue weighted by atomic mass is 9.68. The quantitative estimate of drug-likeness (QED) is 0.921. The van der Waals surface area contributed by atoms with E-state index in [1.807, 2.05) is 11.7 Å². The van der Waals surface area contributed by atoms with Crippen molar-refractivity contribution >= 4 is 15.9 Å². The zero-order valence-electron chi connectivity index (χ0n) is 12.6. The Labute approximate surface area is 125 Å². The van der Waals surface area contributed by atoms with Crippen molar-refractivity contribution < 1.29 is 0 Å². The van der Waals surface area contributed by atoms with E-state index in [0.717, 1.165) is 35.8 Å². The molecule has 0 aliphatic heterocycles. The molecule has 0 radical (unpaired) electrons. The Morgan fingerprint density at radius 1 is 1.26 bits per heavy atom. The third-order valence-corrected chi connectivity index (χ3v) is 5.54. The maximum atomic E-state index is 6.64. The lowest BCUT2D eigenvalue weighted by Crippen LogP contribution is -2.47. The first kappa shape index (κ1) is 15.0. The fourth-order valence-corrected chi connectivity index (χ4v) is 3.70. The molecule has 1 aromatic heterocycles. The van der Waals surface area contributed by atoms with E-state index in [4.69, 9.17) is 5.73 Å². The van der Waals surface area contributed by atoms with Gasteiger partial charge in [-0.3, -0.25) is 4.68 Å². The summed E-state index contributed by atoms with van der Waals surface area (Å²) in [5.41, 5.74) is 9.42. The minimum absolute atomic E-state index is 0.0587. The van der Waals surface area contributed by atoms with Gasteiger partial charge in [0.15, 0.2) is 0 Å². The minimum Gasteiger partial charge on any atom is -0.325 e. The average molecular weight is 328 g/mol. The molecule has 0 unspecified atom stereocenters. The Hall–Kier alpha value is -0.350. The van der Waals surface area contributed by atoms with Gasteiger partial charge in [0, 0.05) is 19.0 Å². The van der Waals surface area contributed by atoms with E-state index < -0.39 is 0 Å². The standard InChI is InChI=1S/C15H26BrN3/c1-5-11-13(16)12(19(4)18-11)10-15(17)8-6-14(2,3)7-9-15/h5-10,17H2,1-4H3. The first-order valence-electron chi connectivity index (χ1n) is 7.25. The van der Waals surface area contributed by atoms with E-state index in [0.29, 0.717) is 5.41 Å². The van der Waals surface area contributed by atoms with Crippen molar-refractivity contribution in [3.8, 4) is 0 Å². The van der Waals surface area contributed by atoms with Gasteiger partial charge in [0.1, 0.15) is 0 Å². The van der Waals surface area contributed by atoms with E-state index in [-0.39, 0.29) is 5.54 Å². The van der Waals surface area contributed by atoms with Gasteiger partial charge in [0.25, 0.3) is 0 Å². The van der Waals surface area contributed by atoms with Gasteiger partial charge < -0.3 is 5.73 Å². The van der Waals surface area contributed by atoms with Crippen molar-refractivity contribution in [2.24, 2.45) is 18.2 Å². The third kappa shape index (κ3) is 3.22. The molecule has 1 saturated carbocycles. The van der Waals surface area contributed by atoms with Crippen molar-refractivity contribution in [2.45, 2.75) is 64.8 Å². The highest BCUT2D eigenvalue weighted by molar-refractivity contribution is 9.10. The molecule has 0 spiro atoms. The summed E-state index contributed by atoms with van der Waals surface area (Å²) in [6.07, 6.45) is 6.55. The molecule has 3 nitrogen and oxygen atoms in total. The molecule has 0 atom stereocenters. The summed E-state index contributed by atoms with van der Waals surface area (Å²) in [4.78, 5) is 0. The normalized spacial score (nSPS) is 21.6. The summed E-state index contributed by atoms with van der Waals surface area (Å²) >= 11 is 3.70. The lowest BCUT2D eigenvalue weighted by molar-refractivity contribution is 0.163. The van der Waals surface area contributed by atoms with Crippen LogP contribution in [0.3, 0.4) is 0 Å². The first-order valence-corrected chi connectivity index (χ1v) is 8.05. The summed E-state index contributed by atoms with van der Waals surface area (Å²) in [5, 5.41) is 4.57. The van der Waals surface area contributed by atoms with Crippen LogP contribution in [0.15, 0.2) is 4.47 Å². The fourth-order valence-electron chi connectivity index (χ4n) is 2.95. The van der Waals surface area contributed by atoms with E-state index in [1.165, 1.54) is 18.5 Å². The minimum atomic E-state index is -0.0587. The van der Waals surface area contributed by atoms with Gasteiger partial charge in [-0.15, -0.1) is 0 Å². The molecule has 2 rings (SSSR count). The Bertz CT molecular complexity index is 452. The van der Waals surface area contributed by atoms with Gasteiger partial charge in [-0.25, -0.2) is 0 Å². The van der Waals surface area contributed by atoms with E-state index in [2.05, 4.69) is 41.8 Å². The molecule has 1 aliphatic rings. The van der Waals surface area contributed by atoms with Crippen LogP contribution in [0.25, 0.3) is 0 Å². The highest BCUT2D eigenvalue weighted by Gasteiger charge is 2.36. The Kier molecular flexibility index (Phi) is 4.12. The van der Waals surface area contributed by atoms with Crippen LogP contribution in [-0.2, 0) is 19.9 Å². The van der Waals surface area contributed by atoms with Gasteiger partial charge in [0.2, 0.25) is 0 Å². The van der Waals surface area contributed by atoms with E-state index in [9.17, 15) is 0 Å². The summed E-state index contributed by atoms with van der Waals surface area (Å²) < 4.78 is 3.16. The largest absolute Gasteiger partial charge is 0.325 e. The maximum Gasteiger partial charge on any atom is 0.0766 e. The zero-order chi connectivity index (χ0) is 14.3. The number of hydrogen-bond donors (Lipinski definition) is 1. The third-order valence-electron chi connectivity index (χ3n) is 4.62. The number of halogens is 1. The number of rotatable bonds is 3. The molecule has 0 aromatic carbocycles. The maximum absolute atomic E-state index is 6.64. The van der Waals surface area contributed by atoms with Crippen LogP contribution < -0.4 is 5.73 Å². The number of aromatic nitrogens is 2. The summed E-state index contributed by atoms with van der Waals surface area (Å²) in [6, 6.07) is 0. The molecular weight excluding hydrogens is 302 g/mol. The SMILES string of the molecule is CCc1nn(C)c(CC2(N)CCC(C)(C)CC2)c1Br. The van der Waals surface area contributed by atoms with Gasteiger partial charge in [-0.1, -0.05) is 20.8 Å². The monoisotopic (exact) mass is 327 g/mol. The smallest absolute Gasteiger partial charge is 0.0766 e. The topological polar surface area (TPSA) is 43.8 Å². The molecule has 19 heavy (non-hydrogen) atoms. The van der Waals surface area contributed by atoms with Crippen molar-refractivity contribution in [2.75, 3.05) is 0 Å². The molecule has 0 bridgehead atoms. The molecule has 0 amide bonds. The summed E-state index contributed by atoms with van der Waals surface area (Å²) in [5.74, 6) is 0. The van der Waals surface area contributed by atoms with Gasteiger partial charge in [-0.05, 0) is 53.4 Å². The Balaban J connectivity index is 2.15. The lowest BCUT2D eigenvalue weighted by Gasteiger charge is -2.41. The predicted octanol–water partition coefficient (Wildman–Crippen LogP) is 3.59. The van der Waals surface area contributed by atoms with Gasteiger partial charge in [0.05, 0.1) is 15.9 Å². The van der Waals surface area contributed by atoms with Crippen molar-refractivity contribution in [3.05, 3.63) is 15.9 Å². The number of hydrogen-bond acceptors (Lipinski definition) is 2. The highest BCUT2D eigenvalue weighted by atomic mass is 79.9. The van der Waals surface area contributed by atoms with Crippen LogP contribution in [0.1, 0.15) is 57.8 Å². The Morgan fingerprint density at radius 2 is 1.84 bits per heavy atom. The Morgan fingerprint density at radius 3 is 2.32 bits per heavy atom. The molecule has 1 fully saturated rings. The highest BCUT2D eigenvalue weighted by Crippen LogP contribution is 2.41. The summed E-state index contributed by atoms with van der Waals surface area (Å²) in [6.45, 7) is 6.84. The molecule has 1 aliphatic carbocycles. The van der Waals surface area contributed by atoms with Crippen molar-refractivity contribution in [1.29, 1.82) is 0 Å². The molecule has 4 heteroatoms. The van der Waals surface area contributed by atoms with E-state index >= 15 is 0 Å².